The van der Waals surface area contributed by atoms with Crippen LogP contribution in [0.3, 0.4) is 0 Å². The zero-order chi connectivity index (χ0) is 24.5. The largest absolute Gasteiger partial charge is 0.465 e. The monoisotopic (exact) mass is 444 g/mol. The number of benzene rings is 3. The smallest absolute Gasteiger partial charge is 0.343 e. The number of hydrogen-bond donors (Lipinski definition) is 0. The summed E-state index contributed by atoms with van der Waals surface area (Å²) in [6.07, 6.45) is 0. The van der Waals surface area contributed by atoms with E-state index in [9.17, 15) is 9.59 Å². The van der Waals surface area contributed by atoms with Crippen LogP contribution in [0, 0.1) is 34.6 Å². The first kappa shape index (κ1) is 24.2. The Morgan fingerprint density at radius 3 is 1.64 bits per heavy atom. The number of aryl methyl sites for hydroxylation is 5. The second-order valence-electron chi connectivity index (χ2n) is 9.27. The lowest BCUT2D eigenvalue weighted by atomic mass is 9.73. The van der Waals surface area contributed by atoms with Gasteiger partial charge in [-0.2, -0.15) is 0 Å². The fraction of sp³-hybridized carbons (Fsp3) is 0.310. The Bertz CT molecular complexity index is 1220. The first-order valence-electron chi connectivity index (χ1n) is 11.1. The van der Waals surface area contributed by atoms with E-state index >= 15 is 0 Å². The lowest BCUT2D eigenvalue weighted by Gasteiger charge is -2.31. The minimum atomic E-state index is -0.467. The summed E-state index contributed by atoms with van der Waals surface area (Å²) in [5, 5.41) is 0. The molecule has 3 aromatic carbocycles. The predicted octanol–water partition coefficient (Wildman–Crippen LogP) is 6.56. The molecule has 0 amide bonds. The van der Waals surface area contributed by atoms with Gasteiger partial charge in [0.1, 0.15) is 5.75 Å². The predicted molar refractivity (Wildman–Crippen MR) is 131 cm³/mol. The van der Waals surface area contributed by atoms with E-state index in [4.69, 9.17) is 9.47 Å². The Hall–Kier alpha value is -3.40. The summed E-state index contributed by atoms with van der Waals surface area (Å²) in [5.41, 5.74) is 8.84. The van der Waals surface area contributed by atoms with Gasteiger partial charge in [0, 0.05) is 5.41 Å². The molecular weight excluding hydrogens is 412 g/mol. The van der Waals surface area contributed by atoms with E-state index in [0.29, 0.717) is 16.9 Å². The molecule has 0 N–H and O–H groups in total. The van der Waals surface area contributed by atoms with E-state index in [-0.39, 0.29) is 5.41 Å². The highest BCUT2D eigenvalue weighted by molar-refractivity contribution is 5.94. The van der Waals surface area contributed by atoms with Crippen LogP contribution in [0.4, 0.5) is 0 Å². The standard InChI is InChI=1S/C29H32O4/c1-17-13-19(3)24(14-18(17)2)29(6,7)25-15-21(5)26(16-20(25)4)33-28(31)23-11-9-22(10-12-23)27(30)32-8/h9-16H,1-8H3. The average molecular weight is 445 g/mol. The van der Waals surface area contributed by atoms with Crippen molar-refractivity contribution < 1.29 is 19.1 Å². The molecule has 0 heterocycles. The fourth-order valence-corrected chi connectivity index (χ4v) is 4.37. The van der Waals surface area contributed by atoms with Crippen molar-refractivity contribution in [2.75, 3.05) is 7.11 Å². The maximum Gasteiger partial charge on any atom is 0.343 e. The van der Waals surface area contributed by atoms with Crippen molar-refractivity contribution in [3.8, 4) is 5.75 Å². The van der Waals surface area contributed by atoms with Crippen molar-refractivity contribution in [1.82, 2.24) is 0 Å². The van der Waals surface area contributed by atoms with Gasteiger partial charge < -0.3 is 9.47 Å². The van der Waals surface area contributed by atoms with E-state index in [1.54, 1.807) is 24.3 Å². The van der Waals surface area contributed by atoms with Crippen LogP contribution in [0.25, 0.3) is 0 Å². The number of hydrogen-bond acceptors (Lipinski definition) is 4. The Morgan fingerprint density at radius 2 is 1.09 bits per heavy atom. The molecule has 0 fully saturated rings. The lowest BCUT2D eigenvalue weighted by molar-refractivity contribution is 0.0599. The summed E-state index contributed by atoms with van der Waals surface area (Å²) in [7, 11) is 1.32. The van der Waals surface area contributed by atoms with Crippen molar-refractivity contribution >= 4 is 11.9 Å². The van der Waals surface area contributed by atoms with Gasteiger partial charge in [-0.3, -0.25) is 0 Å². The number of methoxy groups -OCH3 is 1. The van der Waals surface area contributed by atoms with Crippen molar-refractivity contribution in [3.63, 3.8) is 0 Å². The Kier molecular flexibility index (Phi) is 6.78. The molecule has 0 bridgehead atoms. The molecule has 172 valence electrons. The van der Waals surface area contributed by atoms with E-state index in [1.165, 1.54) is 34.9 Å². The van der Waals surface area contributed by atoms with Crippen molar-refractivity contribution in [2.45, 2.75) is 53.9 Å². The quantitative estimate of drug-likeness (QED) is 0.330. The number of rotatable bonds is 5. The Morgan fingerprint density at radius 1 is 0.636 bits per heavy atom. The van der Waals surface area contributed by atoms with Gasteiger partial charge in [0.2, 0.25) is 0 Å². The van der Waals surface area contributed by atoms with E-state index in [2.05, 4.69) is 59.7 Å². The third-order valence-corrected chi connectivity index (χ3v) is 6.45. The molecule has 0 unspecified atom stereocenters. The number of ether oxygens (including phenoxy) is 2. The van der Waals surface area contributed by atoms with Gasteiger partial charge in [0.25, 0.3) is 0 Å². The van der Waals surface area contributed by atoms with Crippen LogP contribution in [0.2, 0.25) is 0 Å². The molecule has 0 aliphatic heterocycles. The normalized spacial score (nSPS) is 11.3. The van der Waals surface area contributed by atoms with Crippen LogP contribution >= 0.6 is 0 Å². The van der Waals surface area contributed by atoms with Gasteiger partial charge in [0.15, 0.2) is 0 Å². The van der Waals surface area contributed by atoms with Gasteiger partial charge in [-0.25, -0.2) is 9.59 Å². The summed E-state index contributed by atoms with van der Waals surface area (Å²) in [6.45, 7) is 14.9. The summed E-state index contributed by atoms with van der Waals surface area (Å²) >= 11 is 0. The van der Waals surface area contributed by atoms with Crippen LogP contribution in [-0.4, -0.2) is 19.0 Å². The molecule has 0 aliphatic carbocycles. The molecule has 4 nitrogen and oxygen atoms in total. The first-order valence-corrected chi connectivity index (χ1v) is 11.1. The van der Waals surface area contributed by atoms with Gasteiger partial charge in [-0.05, 0) is 104 Å². The zero-order valence-corrected chi connectivity index (χ0v) is 20.8. The summed E-state index contributed by atoms with van der Waals surface area (Å²) < 4.78 is 10.4. The van der Waals surface area contributed by atoms with E-state index < -0.39 is 11.9 Å². The molecule has 0 saturated carbocycles. The Labute approximate surface area is 196 Å². The van der Waals surface area contributed by atoms with Crippen molar-refractivity contribution in [2.24, 2.45) is 0 Å². The molecule has 0 spiro atoms. The molecular formula is C29H32O4. The third kappa shape index (κ3) is 4.85. The minimum absolute atomic E-state index is 0.205. The highest BCUT2D eigenvalue weighted by atomic mass is 16.5. The SMILES string of the molecule is COC(=O)c1ccc(C(=O)Oc2cc(C)c(C(C)(C)c3cc(C)c(C)cc3C)cc2C)cc1. The fourth-order valence-electron chi connectivity index (χ4n) is 4.37. The molecule has 0 radical (unpaired) electrons. The molecule has 0 aliphatic rings. The topological polar surface area (TPSA) is 52.6 Å². The van der Waals surface area contributed by atoms with Crippen LogP contribution in [0.5, 0.6) is 5.75 Å². The van der Waals surface area contributed by atoms with Crippen LogP contribution in [0.15, 0.2) is 48.5 Å². The number of carbonyl (C=O) groups excluding carboxylic acids is 2. The Balaban J connectivity index is 1.91. The number of carbonyl (C=O) groups is 2. The van der Waals surface area contributed by atoms with Gasteiger partial charge >= 0.3 is 11.9 Å². The number of esters is 2. The van der Waals surface area contributed by atoms with Crippen molar-refractivity contribution in [3.05, 3.63) is 98.6 Å². The molecule has 3 aromatic rings. The highest BCUT2D eigenvalue weighted by Crippen LogP contribution is 2.38. The minimum Gasteiger partial charge on any atom is -0.465 e. The average Bonchev–Trinajstić information content (AvgIpc) is 2.77. The maximum absolute atomic E-state index is 12.7. The molecule has 0 saturated heterocycles. The maximum atomic E-state index is 12.7. The molecule has 0 aromatic heterocycles. The first-order chi connectivity index (χ1) is 15.4. The van der Waals surface area contributed by atoms with Crippen molar-refractivity contribution in [1.29, 1.82) is 0 Å². The third-order valence-electron chi connectivity index (χ3n) is 6.45. The molecule has 33 heavy (non-hydrogen) atoms. The van der Waals surface area contributed by atoms with Gasteiger partial charge in [0.05, 0.1) is 18.2 Å². The zero-order valence-electron chi connectivity index (χ0n) is 20.8. The second-order valence-corrected chi connectivity index (χ2v) is 9.27. The molecule has 3 rings (SSSR count). The van der Waals surface area contributed by atoms with Crippen LogP contribution < -0.4 is 4.74 Å². The lowest BCUT2D eigenvalue weighted by Crippen LogP contribution is -2.22. The van der Waals surface area contributed by atoms with E-state index in [0.717, 1.165) is 11.1 Å². The second kappa shape index (κ2) is 9.22. The molecule has 0 atom stereocenters. The molecule has 4 heteroatoms. The highest BCUT2D eigenvalue weighted by Gasteiger charge is 2.28. The van der Waals surface area contributed by atoms with Gasteiger partial charge in [-0.1, -0.05) is 32.0 Å². The van der Waals surface area contributed by atoms with Gasteiger partial charge in [-0.15, -0.1) is 0 Å². The van der Waals surface area contributed by atoms with Crippen LogP contribution in [-0.2, 0) is 10.2 Å². The summed E-state index contributed by atoms with van der Waals surface area (Å²) in [5.74, 6) is -0.379. The summed E-state index contributed by atoms with van der Waals surface area (Å²) in [4.78, 5) is 24.3. The van der Waals surface area contributed by atoms with E-state index in [1.807, 2.05) is 13.0 Å². The summed E-state index contributed by atoms with van der Waals surface area (Å²) in [6, 6.07) is 14.8. The van der Waals surface area contributed by atoms with Crippen LogP contribution in [0.1, 0.15) is 73.5 Å².